The van der Waals surface area contributed by atoms with Crippen LogP contribution in [0, 0.1) is 0 Å². The maximum Gasteiger partial charge on any atom is 0.177 e. The zero-order valence-corrected chi connectivity index (χ0v) is 11.7. The van der Waals surface area contributed by atoms with Gasteiger partial charge in [0.15, 0.2) is 11.6 Å². The van der Waals surface area contributed by atoms with Crippen molar-refractivity contribution < 1.29 is 4.52 Å². The summed E-state index contributed by atoms with van der Waals surface area (Å²) in [4.78, 5) is 0. The Kier molecular flexibility index (Phi) is 2.93. The first-order chi connectivity index (χ1) is 8.75. The van der Waals surface area contributed by atoms with E-state index in [0.717, 1.165) is 21.2 Å². The van der Waals surface area contributed by atoms with Gasteiger partial charge in [-0.25, -0.2) is 0 Å². The number of anilines is 1. The van der Waals surface area contributed by atoms with Crippen LogP contribution in [0.1, 0.15) is 0 Å². The smallest absolute Gasteiger partial charge is 0.177 e. The van der Waals surface area contributed by atoms with E-state index in [9.17, 15) is 0 Å². The number of hydrogen-bond acceptors (Lipinski definition) is 4. The van der Waals surface area contributed by atoms with Crippen LogP contribution in [0.5, 0.6) is 0 Å². The van der Waals surface area contributed by atoms with E-state index in [4.69, 9.17) is 10.3 Å². The Morgan fingerprint density at radius 3 is 2.83 bits per heavy atom. The second-order valence-electron chi connectivity index (χ2n) is 3.79. The van der Waals surface area contributed by atoms with Gasteiger partial charge >= 0.3 is 0 Å². The third-order valence-electron chi connectivity index (χ3n) is 2.62. The summed E-state index contributed by atoms with van der Waals surface area (Å²) in [6.45, 7) is 0. The van der Waals surface area contributed by atoms with Crippen molar-refractivity contribution in [1.29, 1.82) is 0 Å². The fraction of sp³-hybridized carbons (Fsp3) is 0. The molecule has 2 heterocycles. The molecule has 0 fully saturated rings. The van der Waals surface area contributed by atoms with E-state index >= 15 is 0 Å². The van der Waals surface area contributed by atoms with Crippen molar-refractivity contribution in [3.8, 4) is 22.5 Å². The molecule has 0 bridgehead atoms. The van der Waals surface area contributed by atoms with Gasteiger partial charge in [0, 0.05) is 15.4 Å². The number of halogens is 1. The van der Waals surface area contributed by atoms with Gasteiger partial charge in [-0.15, -0.1) is 0 Å². The van der Waals surface area contributed by atoms with Gasteiger partial charge in [-0.05, 0) is 29.1 Å². The Morgan fingerprint density at radius 1 is 1.22 bits per heavy atom. The van der Waals surface area contributed by atoms with E-state index in [-0.39, 0.29) is 0 Å². The highest BCUT2D eigenvalue weighted by Crippen LogP contribution is 2.37. The molecular formula is C13H9BrN2OS. The van der Waals surface area contributed by atoms with E-state index < -0.39 is 0 Å². The highest BCUT2D eigenvalue weighted by atomic mass is 79.9. The number of benzene rings is 1. The Morgan fingerprint density at radius 2 is 2.11 bits per heavy atom. The van der Waals surface area contributed by atoms with E-state index in [2.05, 4.69) is 21.1 Å². The molecule has 0 aliphatic rings. The van der Waals surface area contributed by atoms with Crippen LogP contribution in [0.25, 0.3) is 22.5 Å². The molecule has 90 valence electrons. The lowest BCUT2D eigenvalue weighted by Crippen LogP contribution is -1.88. The summed E-state index contributed by atoms with van der Waals surface area (Å²) < 4.78 is 6.35. The van der Waals surface area contributed by atoms with Crippen LogP contribution in [0.3, 0.4) is 0 Å². The Hall–Kier alpha value is -1.59. The van der Waals surface area contributed by atoms with Crippen LogP contribution in [-0.2, 0) is 0 Å². The molecule has 0 unspecified atom stereocenters. The standard InChI is InChI=1S/C13H9BrN2OS/c14-10-3-1-2-8(6-10)11-12(17-16-13(11)15)9-4-5-18-7-9/h1-7H,(H2,15,16). The maximum atomic E-state index is 5.91. The number of nitrogens with zero attached hydrogens (tertiary/aromatic N) is 1. The Bertz CT molecular complexity index is 676. The van der Waals surface area contributed by atoms with Crippen molar-refractivity contribution in [3.05, 3.63) is 45.6 Å². The number of thiophene rings is 1. The van der Waals surface area contributed by atoms with Crippen LogP contribution in [0.4, 0.5) is 5.82 Å². The minimum atomic E-state index is 0.411. The molecule has 0 amide bonds. The topological polar surface area (TPSA) is 52.0 Å². The summed E-state index contributed by atoms with van der Waals surface area (Å²) in [5, 5.41) is 7.88. The van der Waals surface area contributed by atoms with E-state index in [0.29, 0.717) is 11.6 Å². The third kappa shape index (κ3) is 1.95. The molecule has 3 aromatic rings. The molecule has 3 nitrogen and oxygen atoms in total. The monoisotopic (exact) mass is 320 g/mol. The fourth-order valence-electron chi connectivity index (χ4n) is 1.82. The minimum absolute atomic E-state index is 0.411. The maximum absolute atomic E-state index is 5.91. The van der Waals surface area contributed by atoms with Crippen LogP contribution >= 0.6 is 27.3 Å². The number of nitrogens with two attached hydrogens (primary N) is 1. The van der Waals surface area contributed by atoms with E-state index in [1.165, 1.54) is 0 Å². The molecule has 0 aliphatic heterocycles. The summed E-state index contributed by atoms with van der Waals surface area (Å²) in [6, 6.07) is 9.91. The summed E-state index contributed by atoms with van der Waals surface area (Å²) in [7, 11) is 0. The second-order valence-corrected chi connectivity index (χ2v) is 5.49. The van der Waals surface area contributed by atoms with Crippen LogP contribution in [0.2, 0.25) is 0 Å². The molecule has 0 atom stereocenters. The molecule has 1 aromatic carbocycles. The summed E-state index contributed by atoms with van der Waals surface area (Å²) in [5.74, 6) is 1.13. The lowest BCUT2D eigenvalue weighted by atomic mass is 10.0. The lowest BCUT2D eigenvalue weighted by Gasteiger charge is -2.01. The van der Waals surface area contributed by atoms with Gasteiger partial charge in [0.05, 0.1) is 5.56 Å². The summed E-state index contributed by atoms with van der Waals surface area (Å²) in [6.07, 6.45) is 0. The van der Waals surface area contributed by atoms with Gasteiger partial charge in [-0.1, -0.05) is 33.2 Å². The van der Waals surface area contributed by atoms with Crippen molar-refractivity contribution in [2.75, 3.05) is 5.73 Å². The molecule has 3 rings (SSSR count). The first-order valence-electron chi connectivity index (χ1n) is 5.29. The average Bonchev–Trinajstić information content (AvgIpc) is 2.97. The van der Waals surface area contributed by atoms with Gasteiger partial charge < -0.3 is 10.3 Å². The molecule has 5 heteroatoms. The van der Waals surface area contributed by atoms with Crippen LogP contribution in [0.15, 0.2) is 50.1 Å². The quantitative estimate of drug-likeness (QED) is 0.760. The van der Waals surface area contributed by atoms with Crippen molar-refractivity contribution in [1.82, 2.24) is 5.16 Å². The van der Waals surface area contributed by atoms with Gasteiger partial charge in [0.1, 0.15) is 0 Å². The third-order valence-corrected chi connectivity index (χ3v) is 3.79. The molecule has 2 N–H and O–H groups in total. The van der Waals surface area contributed by atoms with E-state index in [1.54, 1.807) is 11.3 Å². The highest BCUT2D eigenvalue weighted by molar-refractivity contribution is 9.10. The van der Waals surface area contributed by atoms with Crippen molar-refractivity contribution >= 4 is 33.1 Å². The molecule has 0 aliphatic carbocycles. The number of aromatic nitrogens is 1. The zero-order chi connectivity index (χ0) is 12.5. The van der Waals surface area contributed by atoms with Gasteiger partial charge in [-0.3, -0.25) is 0 Å². The lowest BCUT2D eigenvalue weighted by molar-refractivity contribution is 0.436. The molecule has 0 radical (unpaired) electrons. The molecule has 0 saturated carbocycles. The van der Waals surface area contributed by atoms with Crippen molar-refractivity contribution in [2.24, 2.45) is 0 Å². The second kappa shape index (κ2) is 4.59. The predicted molar refractivity (Wildman–Crippen MR) is 77.4 cm³/mol. The Labute approximate surface area is 116 Å². The fourth-order valence-corrected chi connectivity index (χ4v) is 2.85. The molecular weight excluding hydrogens is 312 g/mol. The molecule has 18 heavy (non-hydrogen) atoms. The van der Waals surface area contributed by atoms with Crippen LogP contribution < -0.4 is 5.73 Å². The number of nitrogen functional groups attached to an aromatic ring is 1. The largest absolute Gasteiger partial charge is 0.380 e. The molecule has 0 spiro atoms. The van der Waals surface area contributed by atoms with Crippen molar-refractivity contribution in [2.45, 2.75) is 0 Å². The summed E-state index contributed by atoms with van der Waals surface area (Å²) in [5.41, 5.74) is 8.74. The van der Waals surface area contributed by atoms with E-state index in [1.807, 2.05) is 41.1 Å². The molecule has 2 aromatic heterocycles. The Balaban J connectivity index is 2.20. The zero-order valence-electron chi connectivity index (χ0n) is 9.26. The van der Waals surface area contributed by atoms with Crippen LogP contribution in [-0.4, -0.2) is 5.16 Å². The van der Waals surface area contributed by atoms with Crippen molar-refractivity contribution in [3.63, 3.8) is 0 Å². The predicted octanol–water partition coefficient (Wildman–Crippen LogP) is 4.41. The number of hydrogen-bond donors (Lipinski definition) is 1. The summed E-state index contributed by atoms with van der Waals surface area (Å²) >= 11 is 5.07. The average molecular weight is 321 g/mol. The minimum Gasteiger partial charge on any atom is -0.380 e. The first kappa shape index (κ1) is 11.5. The van der Waals surface area contributed by atoms with Gasteiger partial charge in [-0.2, -0.15) is 11.3 Å². The first-order valence-corrected chi connectivity index (χ1v) is 7.03. The molecule has 0 saturated heterocycles. The highest BCUT2D eigenvalue weighted by Gasteiger charge is 2.17. The SMILES string of the molecule is Nc1noc(-c2ccsc2)c1-c1cccc(Br)c1. The van der Waals surface area contributed by atoms with Gasteiger partial charge in [0.2, 0.25) is 0 Å². The normalized spacial score (nSPS) is 10.7. The van der Waals surface area contributed by atoms with Gasteiger partial charge in [0.25, 0.3) is 0 Å². The number of rotatable bonds is 2.